The molecule has 270 valence electrons. The number of amides is 2. The molecular formula is C41H50N4O6. The van der Waals surface area contributed by atoms with E-state index >= 15 is 0 Å². The van der Waals surface area contributed by atoms with Crippen molar-refractivity contribution in [3.8, 4) is 22.8 Å². The van der Waals surface area contributed by atoms with Gasteiger partial charge in [0.25, 0.3) is 0 Å². The lowest BCUT2D eigenvalue weighted by Crippen LogP contribution is -2.57. The zero-order valence-corrected chi connectivity index (χ0v) is 29.9. The first-order valence-electron chi connectivity index (χ1n) is 18.8. The van der Waals surface area contributed by atoms with Gasteiger partial charge < -0.3 is 24.4 Å². The summed E-state index contributed by atoms with van der Waals surface area (Å²) < 4.78 is 17.8. The highest BCUT2D eigenvalue weighted by Gasteiger charge is 2.62. The molecular weight excluding hydrogens is 644 g/mol. The molecule has 1 aromatic heterocycles. The van der Waals surface area contributed by atoms with Crippen LogP contribution >= 0.6 is 0 Å². The van der Waals surface area contributed by atoms with Crippen molar-refractivity contribution in [1.29, 1.82) is 0 Å². The Bertz CT molecular complexity index is 1760. The Morgan fingerprint density at radius 3 is 2.57 bits per heavy atom. The second-order valence-electron chi connectivity index (χ2n) is 14.4. The zero-order valence-electron chi connectivity index (χ0n) is 29.9. The number of aromatic nitrogens is 1. The minimum atomic E-state index is -1.12. The number of ether oxygens (including phenoxy) is 3. The van der Waals surface area contributed by atoms with Crippen molar-refractivity contribution >= 4 is 28.7 Å². The van der Waals surface area contributed by atoms with Gasteiger partial charge in [0.15, 0.2) is 0 Å². The second kappa shape index (κ2) is 15.4. The number of hydrogen-bond donors (Lipinski definition) is 1. The SMILES string of the molecule is CCOC(=O)[C@]12C[C@H]1/C=C\CCCCC[C@H](N1CCCCC1)C(=O)N1C[C@H](Oc3cc(-c4ccccc4)nc4cc(OC)ccc34)C[C@H]1C(=O)N2. The maximum Gasteiger partial charge on any atom is 0.332 e. The standard InChI is InChI=1S/C41H50N4O6/c1-3-50-40(48)41-26-29(41)17-11-5-4-6-12-18-35(44-21-13-8-14-22-44)39(47)45-27-31(24-36(45)38(46)43-41)51-37-25-33(28-15-9-7-10-16-28)42-34-23-30(49-2)19-20-32(34)37/h7,9-11,15-17,19-20,23,25,29,31,35-36H,3-6,8,12-14,18,21-22,24,26-27H2,1-2H3,(H,43,46)/b17-11-/t29-,31-,35+,36+,41+/m1/s1. The minimum absolute atomic E-state index is 0.0250. The van der Waals surface area contributed by atoms with E-state index in [9.17, 15) is 14.4 Å². The smallest absolute Gasteiger partial charge is 0.332 e. The summed E-state index contributed by atoms with van der Waals surface area (Å²) in [6.07, 6.45) is 12.5. The predicted molar refractivity (Wildman–Crippen MR) is 195 cm³/mol. The van der Waals surface area contributed by atoms with Crippen LogP contribution in [0.1, 0.15) is 71.1 Å². The Morgan fingerprint density at radius 1 is 0.980 bits per heavy atom. The quantitative estimate of drug-likeness (QED) is 0.235. The molecule has 3 fully saturated rings. The van der Waals surface area contributed by atoms with E-state index in [-0.39, 0.29) is 36.9 Å². The van der Waals surface area contributed by atoms with Crippen LogP contribution in [-0.4, -0.2) is 89.6 Å². The van der Waals surface area contributed by atoms with E-state index in [0.29, 0.717) is 24.3 Å². The number of carbonyl (C=O) groups excluding carboxylic acids is 3. The molecule has 1 aliphatic carbocycles. The van der Waals surface area contributed by atoms with Gasteiger partial charge in [-0.1, -0.05) is 61.7 Å². The van der Waals surface area contributed by atoms with Crippen molar-refractivity contribution < 1.29 is 28.6 Å². The molecule has 0 radical (unpaired) electrons. The molecule has 10 heteroatoms. The molecule has 2 amide bonds. The molecule has 2 aromatic carbocycles. The number of likely N-dealkylation sites (tertiary alicyclic amines) is 1. The number of benzene rings is 2. The molecule has 0 spiro atoms. The molecule has 4 heterocycles. The molecule has 2 saturated heterocycles. The topological polar surface area (TPSA) is 110 Å². The Kier molecular flexibility index (Phi) is 10.6. The maximum atomic E-state index is 14.8. The van der Waals surface area contributed by atoms with Crippen LogP contribution in [0.3, 0.4) is 0 Å². The van der Waals surface area contributed by atoms with Crippen LogP contribution in [0.15, 0.2) is 66.7 Å². The van der Waals surface area contributed by atoms with Gasteiger partial charge in [0, 0.05) is 35.4 Å². The van der Waals surface area contributed by atoms with Crippen LogP contribution in [0, 0.1) is 5.92 Å². The van der Waals surface area contributed by atoms with Crippen LogP contribution < -0.4 is 14.8 Å². The lowest BCUT2D eigenvalue weighted by molar-refractivity contribution is -0.150. The first-order valence-corrected chi connectivity index (χ1v) is 18.8. The van der Waals surface area contributed by atoms with Gasteiger partial charge >= 0.3 is 5.97 Å². The molecule has 1 N–H and O–H groups in total. The number of hydrogen-bond acceptors (Lipinski definition) is 8. The van der Waals surface area contributed by atoms with E-state index < -0.39 is 23.7 Å². The van der Waals surface area contributed by atoms with Gasteiger partial charge in [-0.25, -0.2) is 9.78 Å². The first kappa shape index (κ1) is 35.0. The highest BCUT2D eigenvalue weighted by atomic mass is 16.5. The maximum absolute atomic E-state index is 14.8. The number of rotatable bonds is 7. The molecule has 0 bridgehead atoms. The van der Waals surface area contributed by atoms with Crippen LogP contribution in [0.25, 0.3) is 22.2 Å². The van der Waals surface area contributed by atoms with Crippen molar-refractivity contribution in [1.82, 2.24) is 20.1 Å². The number of carbonyl (C=O) groups is 3. The molecule has 0 unspecified atom stereocenters. The number of nitrogens with zero attached hydrogens (tertiary/aromatic N) is 3. The highest BCUT2D eigenvalue weighted by Crippen LogP contribution is 2.46. The van der Waals surface area contributed by atoms with Gasteiger partial charge in [-0.2, -0.15) is 0 Å². The van der Waals surface area contributed by atoms with Crippen molar-refractivity contribution in [2.45, 2.75) is 94.9 Å². The van der Waals surface area contributed by atoms with Gasteiger partial charge in [0.2, 0.25) is 11.8 Å². The van der Waals surface area contributed by atoms with Crippen molar-refractivity contribution in [2.24, 2.45) is 5.92 Å². The van der Waals surface area contributed by atoms with Crippen LogP contribution in [-0.2, 0) is 19.1 Å². The van der Waals surface area contributed by atoms with Gasteiger partial charge in [-0.05, 0) is 70.7 Å². The van der Waals surface area contributed by atoms with Crippen molar-refractivity contribution in [3.63, 3.8) is 0 Å². The number of allylic oxidation sites excluding steroid dienone is 1. The van der Waals surface area contributed by atoms with E-state index in [2.05, 4.69) is 22.4 Å². The van der Waals surface area contributed by atoms with Crippen molar-refractivity contribution in [3.05, 3.63) is 66.7 Å². The monoisotopic (exact) mass is 694 g/mol. The molecule has 7 rings (SSSR count). The summed E-state index contributed by atoms with van der Waals surface area (Å²) in [5.74, 6) is 0.404. The Balaban J connectivity index is 1.23. The molecule has 4 aliphatic rings. The summed E-state index contributed by atoms with van der Waals surface area (Å²) in [7, 11) is 1.63. The summed E-state index contributed by atoms with van der Waals surface area (Å²) in [6, 6.07) is 16.5. The second-order valence-corrected chi connectivity index (χ2v) is 14.4. The minimum Gasteiger partial charge on any atom is -0.497 e. The van der Waals surface area contributed by atoms with E-state index in [4.69, 9.17) is 19.2 Å². The molecule has 10 nitrogen and oxygen atoms in total. The van der Waals surface area contributed by atoms with Crippen molar-refractivity contribution in [2.75, 3.05) is 33.4 Å². The molecule has 1 saturated carbocycles. The third-order valence-corrected chi connectivity index (χ3v) is 11.0. The number of pyridine rings is 1. The molecule has 5 atom stereocenters. The average Bonchev–Trinajstić information content (AvgIpc) is 3.69. The third-order valence-electron chi connectivity index (χ3n) is 11.0. The van der Waals surface area contributed by atoms with Gasteiger partial charge in [0.1, 0.15) is 29.2 Å². The number of esters is 1. The fourth-order valence-electron chi connectivity index (χ4n) is 8.15. The van der Waals surface area contributed by atoms with Gasteiger partial charge in [-0.15, -0.1) is 0 Å². The third kappa shape index (κ3) is 7.47. The number of methoxy groups -OCH3 is 1. The van der Waals surface area contributed by atoms with Crippen LogP contribution in [0.2, 0.25) is 0 Å². The fourth-order valence-corrected chi connectivity index (χ4v) is 8.15. The van der Waals surface area contributed by atoms with E-state index in [1.807, 2.05) is 54.6 Å². The lowest BCUT2D eigenvalue weighted by atomic mass is 10.0. The number of nitrogens with one attached hydrogen (secondary N) is 1. The summed E-state index contributed by atoms with van der Waals surface area (Å²) in [6.45, 7) is 4.03. The summed E-state index contributed by atoms with van der Waals surface area (Å²) in [5.41, 5.74) is 1.31. The lowest BCUT2D eigenvalue weighted by Gasteiger charge is -2.37. The summed E-state index contributed by atoms with van der Waals surface area (Å²) >= 11 is 0. The van der Waals surface area contributed by atoms with E-state index in [0.717, 1.165) is 80.2 Å². The normalized spacial score (nSPS) is 28.1. The largest absolute Gasteiger partial charge is 0.497 e. The Labute approximate surface area is 300 Å². The Hall–Kier alpha value is -4.44. The highest BCUT2D eigenvalue weighted by molar-refractivity contribution is 5.96. The molecule has 3 aliphatic heterocycles. The summed E-state index contributed by atoms with van der Waals surface area (Å²) in [4.78, 5) is 51.5. The molecule has 3 aromatic rings. The van der Waals surface area contributed by atoms with Gasteiger partial charge in [0.05, 0.1) is 37.5 Å². The van der Waals surface area contributed by atoms with Gasteiger partial charge in [-0.3, -0.25) is 14.5 Å². The Morgan fingerprint density at radius 2 is 1.78 bits per heavy atom. The number of piperidine rings is 1. The molecule has 51 heavy (non-hydrogen) atoms. The zero-order chi connectivity index (χ0) is 35.4. The van der Waals surface area contributed by atoms with Crippen LogP contribution in [0.4, 0.5) is 0 Å². The average molecular weight is 695 g/mol. The number of fused-ring (bicyclic) bond motifs is 3. The summed E-state index contributed by atoms with van der Waals surface area (Å²) in [5, 5.41) is 3.93. The fraction of sp³-hybridized carbons (Fsp3) is 0.512. The van der Waals surface area contributed by atoms with E-state index in [1.54, 1.807) is 18.9 Å². The van der Waals surface area contributed by atoms with Crippen LogP contribution in [0.5, 0.6) is 11.5 Å². The van der Waals surface area contributed by atoms with E-state index in [1.165, 1.54) is 6.42 Å². The predicted octanol–water partition coefficient (Wildman–Crippen LogP) is 6.07. The first-order chi connectivity index (χ1) is 24.9.